The lowest BCUT2D eigenvalue weighted by Gasteiger charge is -2.34. The van der Waals surface area contributed by atoms with Gasteiger partial charge >= 0.3 is 0 Å². The van der Waals surface area contributed by atoms with Crippen LogP contribution in [0.5, 0.6) is 0 Å². The van der Waals surface area contributed by atoms with Crippen LogP contribution >= 0.6 is 15.9 Å². The lowest BCUT2D eigenvalue weighted by Crippen LogP contribution is -2.48. The molecule has 1 aliphatic heterocycles. The van der Waals surface area contributed by atoms with Crippen LogP contribution in [0.25, 0.3) is 0 Å². The minimum atomic E-state index is -0.349. The van der Waals surface area contributed by atoms with Crippen molar-refractivity contribution in [2.24, 2.45) is 5.41 Å². The quantitative estimate of drug-likeness (QED) is 0.864. The van der Waals surface area contributed by atoms with Crippen molar-refractivity contribution in [2.75, 3.05) is 32.7 Å². The molecule has 1 aromatic rings. The first-order valence-electron chi connectivity index (χ1n) is 6.72. The second-order valence-corrected chi connectivity index (χ2v) is 6.67. The van der Waals surface area contributed by atoms with Crippen LogP contribution in [0.4, 0.5) is 0 Å². The van der Waals surface area contributed by atoms with Crippen LogP contribution in [-0.4, -0.2) is 43.4 Å². The van der Waals surface area contributed by atoms with E-state index in [1.807, 2.05) is 38.1 Å². The monoisotopic (exact) mass is 324 g/mol. The van der Waals surface area contributed by atoms with Gasteiger partial charge < -0.3 is 5.32 Å². The molecule has 2 rings (SSSR count). The summed E-state index contributed by atoms with van der Waals surface area (Å²) >= 11 is 3.42. The van der Waals surface area contributed by atoms with E-state index in [0.717, 1.165) is 42.8 Å². The second kappa shape index (κ2) is 6.16. The minimum Gasteiger partial charge on any atom is -0.314 e. The molecule has 0 aromatic heterocycles. The molecule has 104 valence electrons. The van der Waals surface area contributed by atoms with Gasteiger partial charge in [-0.15, -0.1) is 0 Å². The van der Waals surface area contributed by atoms with Gasteiger partial charge in [-0.2, -0.15) is 0 Å². The average Bonchev–Trinajstić information content (AvgIpc) is 2.38. The van der Waals surface area contributed by atoms with Gasteiger partial charge in [-0.3, -0.25) is 9.69 Å². The van der Waals surface area contributed by atoms with Crippen molar-refractivity contribution in [1.82, 2.24) is 10.2 Å². The molecule has 19 heavy (non-hydrogen) atoms. The van der Waals surface area contributed by atoms with Gasteiger partial charge in [-0.05, 0) is 12.1 Å². The van der Waals surface area contributed by atoms with Gasteiger partial charge in [-0.1, -0.05) is 41.9 Å². The van der Waals surface area contributed by atoms with Gasteiger partial charge in [-0.25, -0.2) is 0 Å². The molecule has 3 nitrogen and oxygen atoms in total. The van der Waals surface area contributed by atoms with Crippen molar-refractivity contribution >= 4 is 21.7 Å². The van der Waals surface area contributed by atoms with Gasteiger partial charge in [0.2, 0.25) is 0 Å². The first-order chi connectivity index (χ1) is 8.99. The van der Waals surface area contributed by atoms with Crippen LogP contribution in [0.15, 0.2) is 28.7 Å². The van der Waals surface area contributed by atoms with Gasteiger partial charge in [0.25, 0.3) is 0 Å². The van der Waals surface area contributed by atoms with E-state index in [4.69, 9.17) is 0 Å². The molecular weight excluding hydrogens is 304 g/mol. The maximum absolute atomic E-state index is 12.6. The third-order valence-electron chi connectivity index (χ3n) is 3.53. The van der Waals surface area contributed by atoms with Crippen LogP contribution in [0.1, 0.15) is 24.2 Å². The Balaban J connectivity index is 2.07. The summed E-state index contributed by atoms with van der Waals surface area (Å²) in [6.07, 6.45) is 0. The molecule has 1 saturated heterocycles. The van der Waals surface area contributed by atoms with Gasteiger partial charge in [0.15, 0.2) is 5.78 Å². The van der Waals surface area contributed by atoms with Crippen LogP contribution in [0.3, 0.4) is 0 Å². The highest BCUT2D eigenvalue weighted by Crippen LogP contribution is 2.25. The second-order valence-electron chi connectivity index (χ2n) is 5.75. The zero-order valence-electron chi connectivity index (χ0n) is 11.6. The number of nitrogens with zero attached hydrogens (tertiary/aromatic N) is 1. The van der Waals surface area contributed by atoms with E-state index in [-0.39, 0.29) is 11.2 Å². The Morgan fingerprint density at radius 3 is 2.68 bits per heavy atom. The molecule has 0 unspecified atom stereocenters. The molecule has 0 bridgehead atoms. The average molecular weight is 325 g/mol. The first kappa shape index (κ1) is 14.7. The first-order valence-corrected chi connectivity index (χ1v) is 7.52. The summed E-state index contributed by atoms with van der Waals surface area (Å²) in [4.78, 5) is 15.0. The lowest BCUT2D eigenvalue weighted by molar-refractivity contribution is 0.0751. The zero-order valence-corrected chi connectivity index (χ0v) is 13.2. The number of nitrogens with one attached hydrogen (secondary N) is 1. The van der Waals surface area contributed by atoms with Crippen molar-refractivity contribution in [2.45, 2.75) is 13.8 Å². The standard InChI is InChI=1S/C15H21BrN2O/c1-15(2,11-18-8-6-17-7-9-18)14(19)12-4-3-5-13(16)10-12/h3-5,10,17H,6-9,11H2,1-2H3. The summed E-state index contributed by atoms with van der Waals surface area (Å²) in [5.41, 5.74) is 0.438. The molecule has 0 saturated carbocycles. The molecule has 1 aliphatic rings. The van der Waals surface area contributed by atoms with Crippen molar-refractivity contribution in [3.05, 3.63) is 34.3 Å². The van der Waals surface area contributed by atoms with E-state index < -0.39 is 0 Å². The van der Waals surface area contributed by atoms with Crippen molar-refractivity contribution in [3.63, 3.8) is 0 Å². The summed E-state index contributed by atoms with van der Waals surface area (Å²) in [7, 11) is 0. The fourth-order valence-electron chi connectivity index (χ4n) is 2.52. The molecule has 0 aliphatic carbocycles. The lowest BCUT2D eigenvalue weighted by atomic mass is 9.83. The maximum atomic E-state index is 12.6. The Morgan fingerprint density at radius 1 is 1.37 bits per heavy atom. The van der Waals surface area contributed by atoms with Crippen LogP contribution in [0.2, 0.25) is 0 Å². The number of hydrogen-bond donors (Lipinski definition) is 1. The molecule has 1 heterocycles. The predicted octanol–water partition coefficient (Wildman–Crippen LogP) is 2.56. The van der Waals surface area contributed by atoms with Gasteiger partial charge in [0, 0.05) is 48.2 Å². The van der Waals surface area contributed by atoms with Gasteiger partial charge in [0.1, 0.15) is 0 Å². The number of hydrogen-bond acceptors (Lipinski definition) is 3. The topological polar surface area (TPSA) is 32.3 Å². The largest absolute Gasteiger partial charge is 0.314 e. The van der Waals surface area contributed by atoms with Crippen molar-refractivity contribution in [3.8, 4) is 0 Å². The van der Waals surface area contributed by atoms with E-state index >= 15 is 0 Å². The fraction of sp³-hybridized carbons (Fsp3) is 0.533. The third kappa shape index (κ3) is 3.88. The predicted molar refractivity (Wildman–Crippen MR) is 81.6 cm³/mol. The minimum absolute atomic E-state index is 0.215. The SMILES string of the molecule is CC(C)(CN1CCNCC1)C(=O)c1cccc(Br)c1. The van der Waals surface area contributed by atoms with E-state index in [9.17, 15) is 4.79 Å². The summed E-state index contributed by atoms with van der Waals surface area (Å²) < 4.78 is 0.955. The number of benzene rings is 1. The Kier molecular flexibility index (Phi) is 4.76. The van der Waals surface area contributed by atoms with E-state index in [1.54, 1.807) is 0 Å². The normalized spacial score (nSPS) is 17.4. The van der Waals surface area contributed by atoms with Crippen LogP contribution < -0.4 is 5.32 Å². The van der Waals surface area contributed by atoms with Crippen LogP contribution in [-0.2, 0) is 0 Å². The Morgan fingerprint density at radius 2 is 2.05 bits per heavy atom. The molecule has 0 atom stereocenters. The molecular formula is C15H21BrN2O. The zero-order chi connectivity index (χ0) is 13.9. The van der Waals surface area contributed by atoms with Crippen molar-refractivity contribution < 1.29 is 4.79 Å². The molecule has 1 fully saturated rings. The number of Topliss-reactive ketones (excluding diaryl/α,β-unsaturated/α-hetero) is 1. The number of piperazine rings is 1. The van der Waals surface area contributed by atoms with Crippen LogP contribution in [0, 0.1) is 5.41 Å². The highest BCUT2D eigenvalue weighted by molar-refractivity contribution is 9.10. The molecule has 0 amide bonds. The smallest absolute Gasteiger partial charge is 0.169 e. The summed E-state index contributed by atoms with van der Waals surface area (Å²) in [6.45, 7) is 8.98. The summed E-state index contributed by atoms with van der Waals surface area (Å²) in [5, 5.41) is 3.34. The molecule has 1 aromatic carbocycles. The Bertz CT molecular complexity index is 453. The Hall–Kier alpha value is -0.710. The number of carbonyl (C=O) groups is 1. The summed E-state index contributed by atoms with van der Waals surface area (Å²) in [6, 6.07) is 7.66. The highest BCUT2D eigenvalue weighted by Gasteiger charge is 2.31. The number of rotatable bonds is 4. The molecule has 0 spiro atoms. The third-order valence-corrected chi connectivity index (χ3v) is 4.02. The maximum Gasteiger partial charge on any atom is 0.169 e. The number of halogens is 1. The fourth-order valence-corrected chi connectivity index (χ4v) is 2.92. The molecule has 1 N–H and O–H groups in total. The molecule has 4 heteroatoms. The van der Waals surface area contributed by atoms with Gasteiger partial charge in [0.05, 0.1) is 0 Å². The van der Waals surface area contributed by atoms with E-state index in [1.165, 1.54) is 0 Å². The summed E-state index contributed by atoms with van der Waals surface area (Å²) in [5.74, 6) is 0.215. The Labute approximate surface area is 123 Å². The highest BCUT2D eigenvalue weighted by atomic mass is 79.9. The molecule has 0 radical (unpaired) electrons. The van der Waals surface area contributed by atoms with E-state index in [2.05, 4.69) is 26.1 Å². The number of ketones is 1. The number of carbonyl (C=O) groups excluding carboxylic acids is 1. The van der Waals surface area contributed by atoms with E-state index in [0.29, 0.717) is 0 Å². The van der Waals surface area contributed by atoms with Crippen molar-refractivity contribution in [1.29, 1.82) is 0 Å².